The van der Waals surface area contributed by atoms with Crippen molar-refractivity contribution in [2.45, 2.75) is 24.5 Å². The maximum Gasteiger partial charge on any atom is 0.186 e. The highest BCUT2D eigenvalue weighted by atomic mass is 16.3. The lowest BCUT2D eigenvalue weighted by Gasteiger charge is -2.36. The van der Waals surface area contributed by atoms with Gasteiger partial charge in [-0.1, -0.05) is 0 Å². The van der Waals surface area contributed by atoms with Crippen LogP contribution in [-0.2, 0) is 4.79 Å². The van der Waals surface area contributed by atoms with Crippen LogP contribution in [0.3, 0.4) is 0 Å². The molecule has 5 N–H and O–H groups in total. The SMILES string of the molecule is NC(N)=NC1CC(O)(C=O)C1. The molecule has 0 saturated heterocycles. The van der Waals surface area contributed by atoms with Crippen LogP contribution < -0.4 is 11.5 Å². The molecule has 0 aromatic rings. The van der Waals surface area contributed by atoms with E-state index in [9.17, 15) is 9.90 Å². The van der Waals surface area contributed by atoms with Crippen molar-refractivity contribution in [2.75, 3.05) is 0 Å². The second kappa shape index (κ2) is 2.50. The van der Waals surface area contributed by atoms with Gasteiger partial charge >= 0.3 is 0 Å². The van der Waals surface area contributed by atoms with E-state index in [1.165, 1.54) is 0 Å². The van der Waals surface area contributed by atoms with Crippen molar-refractivity contribution in [3.05, 3.63) is 0 Å². The molecule has 5 nitrogen and oxygen atoms in total. The van der Waals surface area contributed by atoms with Gasteiger partial charge in [0.2, 0.25) is 0 Å². The molecule has 0 spiro atoms. The number of carbonyl (C=O) groups excluding carboxylic acids is 1. The number of hydrogen-bond acceptors (Lipinski definition) is 3. The van der Waals surface area contributed by atoms with Crippen molar-refractivity contribution in [3.8, 4) is 0 Å². The predicted molar refractivity (Wildman–Crippen MR) is 39.8 cm³/mol. The molecule has 0 aromatic heterocycles. The molecular formula is C6H11N3O2. The Kier molecular flexibility index (Phi) is 1.82. The van der Waals surface area contributed by atoms with Crippen LogP contribution in [0.2, 0.25) is 0 Å². The highest BCUT2D eigenvalue weighted by Crippen LogP contribution is 2.32. The van der Waals surface area contributed by atoms with Gasteiger partial charge in [0.05, 0.1) is 6.04 Å². The molecule has 0 amide bonds. The van der Waals surface area contributed by atoms with Crippen molar-refractivity contribution in [2.24, 2.45) is 16.5 Å². The van der Waals surface area contributed by atoms with E-state index in [-0.39, 0.29) is 12.0 Å². The van der Waals surface area contributed by atoms with Crippen molar-refractivity contribution in [3.63, 3.8) is 0 Å². The molecule has 1 saturated carbocycles. The molecule has 0 radical (unpaired) electrons. The number of nitrogens with zero attached hydrogens (tertiary/aromatic N) is 1. The highest BCUT2D eigenvalue weighted by Gasteiger charge is 2.42. The lowest BCUT2D eigenvalue weighted by Crippen LogP contribution is -2.48. The average molecular weight is 157 g/mol. The van der Waals surface area contributed by atoms with Gasteiger partial charge in [-0.3, -0.25) is 4.99 Å². The van der Waals surface area contributed by atoms with Crippen LogP contribution in [0.4, 0.5) is 0 Å². The molecule has 1 fully saturated rings. The van der Waals surface area contributed by atoms with Crippen LogP contribution in [0.1, 0.15) is 12.8 Å². The predicted octanol–water partition coefficient (Wildman–Crippen LogP) is -1.65. The summed E-state index contributed by atoms with van der Waals surface area (Å²) in [6, 6.07) is -0.0878. The number of aldehydes is 1. The molecule has 1 rings (SSSR count). The van der Waals surface area contributed by atoms with Crippen LogP contribution in [0.5, 0.6) is 0 Å². The summed E-state index contributed by atoms with van der Waals surface area (Å²) in [7, 11) is 0. The summed E-state index contributed by atoms with van der Waals surface area (Å²) < 4.78 is 0. The largest absolute Gasteiger partial charge is 0.382 e. The molecule has 0 unspecified atom stereocenters. The third-order valence-corrected chi connectivity index (χ3v) is 1.73. The summed E-state index contributed by atoms with van der Waals surface area (Å²) in [4.78, 5) is 14.0. The molecule has 1 aliphatic rings. The number of nitrogens with two attached hydrogens (primary N) is 2. The van der Waals surface area contributed by atoms with Gasteiger partial charge in [-0.2, -0.15) is 0 Å². The van der Waals surface area contributed by atoms with Crippen molar-refractivity contribution >= 4 is 12.2 Å². The van der Waals surface area contributed by atoms with E-state index in [0.717, 1.165) is 0 Å². The first-order valence-corrected chi connectivity index (χ1v) is 3.33. The molecule has 5 heteroatoms. The number of aliphatic hydroxyl groups is 1. The van der Waals surface area contributed by atoms with Gasteiger partial charge in [0.15, 0.2) is 12.2 Å². The van der Waals surface area contributed by atoms with Crippen LogP contribution >= 0.6 is 0 Å². The lowest BCUT2D eigenvalue weighted by molar-refractivity contribution is -0.133. The third-order valence-electron chi connectivity index (χ3n) is 1.73. The van der Waals surface area contributed by atoms with Crippen molar-refractivity contribution < 1.29 is 9.90 Å². The summed E-state index contributed by atoms with van der Waals surface area (Å²) in [6.07, 6.45) is 1.19. The standard InChI is InChI=1S/C6H11N3O2/c7-5(8)9-4-1-6(11,2-4)3-10/h3-4,11H,1-2H2,(H4,7,8,9). The summed E-state index contributed by atoms with van der Waals surface area (Å²) in [5.74, 6) is 0.00273. The molecule has 62 valence electrons. The number of carbonyl (C=O) groups is 1. The zero-order chi connectivity index (χ0) is 8.48. The minimum absolute atomic E-state index is 0.00273. The quantitative estimate of drug-likeness (QED) is 0.254. The summed E-state index contributed by atoms with van der Waals surface area (Å²) >= 11 is 0. The van der Waals surface area contributed by atoms with Gasteiger partial charge in [0.1, 0.15) is 5.60 Å². The number of guanidine groups is 1. The Hall–Kier alpha value is -1.10. The molecule has 11 heavy (non-hydrogen) atoms. The Balaban J connectivity index is 2.41. The molecule has 0 atom stereocenters. The maximum atomic E-state index is 10.2. The molecule has 0 aromatic carbocycles. The fourth-order valence-corrected chi connectivity index (χ4v) is 1.15. The topological polar surface area (TPSA) is 102 Å². The Labute approximate surface area is 64.1 Å². The highest BCUT2D eigenvalue weighted by molar-refractivity contribution is 5.76. The normalized spacial score (nSPS) is 35.5. The van der Waals surface area contributed by atoms with E-state index >= 15 is 0 Å². The summed E-state index contributed by atoms with van der Waals surface area (Å²) in [5.41, 5.74) is 9.00. The second-order valence-electron chi connectivity index (χ2n) is 2.84. The van der Waals surface area contributed by atoms with Gasteiger partial charge in [-0.15, -0.1) is 0 Å². The van der Waals surface area contributed by atoms with Crippen LogP contribution in [-0.4, -0.2) is 29.0 Å². The fraction of sp³-hybridized carbons (Fsp3) is 0.667. The number of rotatable bonds is 2. The van der Waals surface area contributed by atoms with E-state index in [2.05, 4.69) is 4.99 Å². The van der Waals surface area contributed by atoms with Gasteiger partial charge in [-0.05, 0) is 0 Å². The Morgan fingerprint density at radius 1 is 1.64 bits per heavy atom. The van der Waals surface area contributed by atoms with Crippen LogP contribution in [0, 0.1) is 0 Å². The first-order chi connectivity index (χ1) is 5.06. The van der Waals surface area contributed by atoms with Gasteiger partial charge in [0, 0.05) is 12.8 Å². The van der Waals surface area contributed by atoms with Crippen LogP contribution in [0.25, 0.3) is 0 Å². The molecule has 0 heterocycles. The summed E-state index contributed by atoms with van der Waals surface area (Å²) in [5, 5.41) is 9.18. The van der Waals surface area contributed by atoms with E-state index in [1.54, 1.807) is 0 Å². The van der Waals surface area contributed by atoms with Crippen molar-refractivity contribution in [1.82, 2.24) is 0 Å². The van der Waals surface area contributed by atoms with E-state index in [0.29, 0.717) is 19.1 Å². The van der Waals surface area contributed by atoms with E-state index in [4.69, 9.17) is 11.5 Å². The fourth-order valence-electron chi connectivity index (χ4n) is 1.15. The third kappa shape index (κ3) is 1.68. The monoisotopic (exact) mass is 157 g/mol. The number of hydrogen-bond donors (Lipinski definition) is 3. The van der Waals surface area contributed by atoms with Gasteiger partial charge in [-0.25, -0.2) is 0 Å². The number of aliphatic imine (C=N–C) groups is 1. The smallest absolute Gasteiger partial charge is 0.186 e. The maximum absolute atomic E-state index is 10.2. The first kappa shape index (κ1) is 8.00. The molecule has 1 aliphatic carbocycles. The van der Waals surface area contributed by atoms with Gasteiger partial charge < -0.3 is 21.4 Å². The summed E-state index contributed by atoms with van der Waals surface area (Å²) in [6.45, 7) is 0. The first-order valence-electron chi connectivity index (χ1n) is 3.33. The molecular weight excluding hydrogens is 146 g/mol. The molecule has 0 aliphatic heterocycles. The lowest BCUT2D eigenvalue weighted by atomic mass is 9.77. The Morgan fingerprint density at radius 3 is 2.55 bits per heavy atom. The van der Waals surface area contributed by atoms with E-state index in [1.807, 2.05) is 0 Å². The van der Waals surface area contributed by atoms with Gasteiger partial charge in [0.25, 0.3) is 0 Å². The Bertz CT molecular complexity index is 192. The minimum atomic E-state index is -1.18. The average Bonchev–Trinajstić information content (AvgIpc) is 1.83. The zero-order valence-electron chi connectivity index (χ0n) is 6.03. The van der Waals surface area contributed by atoms with E-state index < -0.39 is 5.60 Å². The van der Waals surface area contributed by atoms with Crippen molar-refractivity contribution in [1.29, 1.82) is 0 Å². The minimum Gasteiger partial charge on any atom is -0.382 e. The zero-order valence-corrected chi connectivity index (χ0v) is 6.03. The van der Waals surface area contributed by atoms with Crippen LogP contribution in [0.15, 0.2) is 4.99 Å². The second-order valence-corrected chi connectivity index (χ2v) is 2.84. The Morgan fingerprint density at radius 2 is 2.18 bits per heavy atom. The molecule has 0 bridgehead atoms.